The molecule has 0 saturated carbocycles. The number of amides is 1. The molecule has 0 saturated heterocycles. The van der Waals surface area contributed by atoms with Crippen LogP contribution in [0.2, 0.25) is 5.02 Å². The molecule has 3 rings (SSSR count). The van der Waals surface area contributed by atoms with Crippen molar-refractivity contribution in [3.05, 3.63) is 53.1 Å². The van der Waals surface area contributed by atoms with Gasteiger partial charge in [-0.05, 0) is 36.8 Å². The fourth-order valence-electron chi connectivity index (χ4n) is 2.09. The minimum Gasteiger partial charge on any atom is -0.324 e. The number of aromatic nitrogens is 3. The van der Waals surface area contributed by atoms with Gasteiger partial charge in [-0.1, -0.05) is 35.0 Å². The number of benzene rings is 2. The first-order chi connectivity index (χ1) is 10.1. The lowest BCUT2D eigenvalue weighted by molar-refractivity contribution is -0.116. The van der Waals surface area contributed by atoms with E-state index in [2.05, 4.69) is 15.6 Å². The van der Waals surface area contributed by atoms with Crippen LogP contribution in [0.3, 0.4) is 0 Å². The van der Waals surface area contributed by atoms with Gasteiger partial charge >= 0.3 is 0 Å². The van der Waals surface area contributed by atoms with Crippen molar-refractivity contribution in [3.8, 4) is 0 Å². The van der Waals surface area contributed by atoms with Gasteiger partial charge in [0.2, 0.25) is 5.91 Å². The minimum absolute atomic E-state index is 0.104. The van der Waals surface area contributed by atoms with E-state index in [-0.39, 0.29) is 12.5 Å². The smallest absolute Gasteiger partial charge is 0.246 e. The van der Waals surface area contributed by atoms with E-state index < -0.39 is 0 Å². The number of carbonyl (C=O) groups is 1. The number of nitrogens with zero attached hydrogens (tertiary/aromatic N) is 3. The lowest BCUT2D eigenvalue weighted by Gasteiger charge is -2.09. The molecular formula is C15H13ClN4O. The van der Waals surface area contributed by atoms with E-state index in [0.29, 0.717) is 10.7 Å². The molecule has 1 N–H and O–H groups in total. The monoisotopic (exact) mass is 300 g/mol. The van der Waals surface area contributed by atoms with Crippen molar-refractivity contribution in [1.82, 2.24) is 15.0 Å². The molecule has 106 valence electrons. The first-order valence-corrected chi connectivity index (χ1v) is 6.85. The maximum absolute atomic E-state index is 12.1. The Morgan fingerprint density at radius 3 is 2.95 bits per heavy atom. The SMILES string of the molecule is Cc1ccc(Cl)cc1NC(=O)Cn1nnc2ccccc21. The molecule has 0 fully saturated rings. The number of aryl methyl sites for hydroxylation is 1. The summed E-state index contributed by atoms with van der Waals surface area (Å²) in [5, 5.41) is 11.4. The van der Waals surface area contributed by atoms with Crippen LogP contribution in [0, 0.1) is 6.92 Å². The molecule has 0 radical (unpaired) electrons. The lowest BCUT2D eigenvalue weighted by Crippen LogP contribution is -2.20. The molecule has 0 aliphatic rings. The topological polar surface area (TPSA) is 59.8 Å². The van der Waals surface area contributed by atoms with E-state index in [0.717, 1.165) is 16.6 Å². The van der Waals surface area contributed by atoms with Crippen molar-refractivity contribution < 1.29 is 4.79 Å². The van der Waals surface area contributed by atoms with Gasteiger partial charge in [0.1, 0.15) is 12.1 Å². The third kappa shape index (κ3) is 2.87. The second-order valence-corrected chi connectivity index (χ2v) is 5.18. The summed E-state index contributed by atoms with van der Waals surface area (Å²) in [7, 11) is 0. The Morgan fingerprint density at radius 1 is 1.29 bits per heavy atom. The highest BCUT2D eigenvalue weighted by atomic mass is 35.5. The number of para-hydroxylation sites is 1. The summed E-state index contributed by atoms with van der Waals surface area (Å²) in [5.74, 6) is -0.170. The van der Waals surface area contributed by atoms with Crippen LogP contribution in [0.25, 0.3) is 11.0 Å². The molecule has 0 bridgehead atoms. The largest absolute Gasteiger partial charge is 0.324 e. The lowest BCUT2D eigenvalue weighted by atomic mass is 10.2. The van der Waals surface area contributed by atoms with Gasteiger partial charge in [-0.15, -0.1) is 5.10 Å². The first-order valence-electron chi connectivity index (χ1n) is 6.48. The molecule has 0 aliphatic heterocycles. The Hall–Kier alpha value is -2.40. The van der Waals surface area contributed by atoms with Crippen molar-refractivity contribution in [1.29, 1.82) is 0 Å². The molecule has 21 heavy (non-hydrogen) atoms. The fraction of sp³-hybridized carbons (Fsp3) is 0.133. The maximum Gasteiger partial charge on any atom is 0.246 e. The van der Waals surface area contributed by atoms with Crippen molar-refractivity contribution in [2.45, 2.75) is 13.5 Å². The van der Waals surface area contributed by atoms with E-state index in [9.17, 15) is 4.79 Å². The molecule has 0 atom stereocenters. The summed E-state index contributed by atoms with van der Waals surface area (Å²) in [4.78, 5) is 12.1. The Balaban J connectivity index is 1.79. The first kappa shape index (κ1) is 13.6. The van der Waals surface area contributed by atoms with Crippen LogP contribution in [-0.2, 0) is 11.3 Å². The normalized spacial score (nSPS) is 10.8. The van der Waals surface area contributed by atoms with E-state index in [4.69, 9.17) is 11.6 Å². The Labute approximate surface area is 126 Å². The number of rotatable bonds is 3. The molecule has 0 aliphatic carbocycles. The summed E-state index contributed by atoms with van der Waals surface area (Å²) in [6, 6.07) is 12.9. The third-order valence-electron chi connectivity index (χ3n) is 3.19. The molecular weight excluding hydrogens is 288 g/mol. The zero-order chi connectivity index (χ0) is 14.8. The molecule has 0 unspecified atom stereocenters. The summed E-state index contributed by atoms with van der Waals surface area (Å²) >= 11 is 5.94. The number of nitrogens with one attached hydrogen (secondary N) is 1. The van der Waals surface area contributed by atoms with Crippen LogP contribution >= 0.6 is 11.6 Å². The zero-order valence-corrected chi connectivity index (χ0v) is 12.1. The van der Waals surface area contributed by atoms with Gasteiger partial charge in [-0.3, -0.25) is 4.79 Å². The molecule has 6 heteroatoms. The predicted octanol–water partition coefficient (Wildman–Crippen LogP) is 3.03. The minimum atomic E-state index is -0.170. The molecule has 2 aromatic carbocycles. The van der Waals surface area contributed by atoms with Gasteiger partial charge in [0.25, 0.3) is 0 Å². The molecule has 5 nitrogen and oxygen atoms in total. The van der Waals surface area contributed by atoms with Gasteiger partial charge in [0, 0.05) is 10.7 Å². The van der Waals surface area contributed by atoms with Gasteiger partial charge in [0.15, 0.2) is 0 Å². The number of halogens is 1. The summed E-state index contributed by atoms with van der Waals surface area (Å²) in [6.07, 6.45) is 0. The zero-order valence-electron chi connectivity index (χ0n) is 11.4. The van der Waals surface area contributed by atoms with Gasteiger partial charge in [-0.2, -0.15) is 0 Å². The quantitative estimate of drug-likeness (QED) is 0.809. The molecule has 1 heterocycles. The van der Waals surface area contributed by atoms with Crippen molar-refractivity contribution >= 4 is 34.2 Å². The van der Waals surface area contributed by atoms with E-state index in [1.54, 1.807) is 16.8 Å². The molecule has 0 spiro atoms. The summed E-state index contributed by atoms with van der Waals surface area (Å²) in [6.45, 7) is 2.02. The standard InChI is InChI=1S/C15H13ClN4O/c1-10-6-7-11(16)8-13(10)17-15(21)9-20-14-5-3-2-4-12(14)18-19-20/h2-8H,9H2,1H3,(H,17,21). The van der Waals surface area contributed by atoms with Crippen molar-refractivity contribution in [3.63, 3.8) is 0 Å². The number of fused-ring (bicyclic) bond motifs is 1. The second kappa shape index (κ2) is 5.54. The van der Waals surface area contributed by atoms with Gasteiger partial charge in [0.05, 0.1) is 5.52 Å². The van der Waals surface area contributed by atoms with Crippen LogP contribution < -0.4 is 5.32 Å². The fourth-order valence-corrected chi connectivity index (χ4v) is 2.26. The predicted molar refractivity (Wildman–Crippen MR) is 82.3 cm³/mol. The third-order valence-corrected chi connectivity index (χ3v) is 3.42. The number of hydrogen-bond acceptors (Lipinski definition) is 3. The molecule has 1 aromatic heterocycles. The van der Waals surface area contributed by atoms with Crippen LogP contribution in [0.4, 0.5) is 5.69 Å². The van der Waals surface area contributed by atoms with Crippen LogP contribution in [0.15, 0.2) is 42.5 Å². The van der Waals surface area contributed by atoms with E-state index >= 15 is 0 Å². The van der Waals surface area contributed by atoms with Gasteiger partial charge < -0.3 is 5.32 Å². The highest BCUT2D eigenvalue weighted by Crippen LogP contribution is 2.20. The molecule has 1 amide bonds. The summed E-state index contributed by atoms with van der Waals surface area (Å²) in [5.41, 5.74) is 3.26. The summed E-state index contributed by atoms with van der Waals surface area (Å²) < 4.78 is 1.57. The van der Waals surface area contributed by atoms with E-state index in [1.165, 1.54) is 0 Å². The maximum atomic E-state index is 12.1. The Kier molecular flexibility index (Phi) is 3.58. The average Bonchev–Trinajstić information content (AvgIpc) is 2.86. The highest BCUT2D eigenvalue weighted by molar-refractivity contribution is 6.31. The number of anilines is 1. The van der Waals surface area contributed by atoms with Crippen molar-refractivity contribution in [2.24, 2.45) is 0 Å². The van der Waals surface area contributed by atoms with Crippen LogP contribution in [0.5, 0.6) is 0 Å². The average molecular weight is 301 g/mol. The second-order valence-electron chi connectivity index (χ2n) is 4.74. The Morgan fingerprint density at radius 2 is 2.10 bits per heavy atom. The van der Waals surface area contributed by atoms with Crippen molar-refractivity contribution in [2.75, 3.05) is 5.32 Å². The van der Waals surface area contributed by atoms with Gasteiger partial charge in [-0.25, -0.2) is 4.68 Å². The molecule has 3 aromatic rings. The Bertz CT molecular complexity index is 812. The van der Waals surface area contributed by atoms with E-state index in [1.807, 2.05) is 37.3 Å². The number of hydrogen-bond donors (Lipinski definition) is 1. The van der Waals surface area contributed by atoms with Crippen LogP contribution in [-0.4, -0.2) is 20.9 Å². The number of carbonyl (C=O) groups excluding carboxylic acids is 1. The van der Waals surface area contributed by atoms with Crippen LogP contribution in [0.1, 0.15) is 5.56 Å². The highest BCUT2D eigenvalue weighted by Gasteiger charge is 2.10.